The Hall–Kier alpha value is -2.65. The number of furan rings is 1. The summed E-state index contributed by atoms with van der Waals surface area (Å²) < 4.78 is 12.2. The first-order chi connectivity index (χ1) is 13.9. The first-order valence-corrected chi connectivity index (χ1v) is 10.5. The molecule has 10 heteroatoms. The molecule has 5 heterocycles. The van der Waals surface area contributed by atoms with Crippen LogP contribution < -0.4 is 11.2 Å². The van der Waals surface area contributed by atoms with Crippen LogP contribution in [0.15, 0.2) is 38.4 Å². The van der Waals surface area contributed by atoms with Crippen molar-refractivity contribution in [3.63, 3.8) is 0 Å². The Bertz CT molecular complexity index is 1390. The topological polar surface area (TPSA) is 79.9 Å². The lowest BCUT2D eigenvalue weighted by atomic mass is 10.2. The zero-order valence-corrected chi connectivity index (χ0v) is 17.6. The number of nitrogens with zero attached hydrogens (tertiary/aromatic N) is 5. The molecule has 0 unspecified atom stereocenters. The molecule has 0 radical (unpaired) electrons. The molecular weight excluding hydrogens is 414 g/mol. The lowest BCUT2D eigenvalue weighted by Crippen LogP contribution is -2.37. The summed E-state index contributed by atoms with van der Waals surface area (Å²) in [4.78, 5) is 25.9. The van der Waals surface area contributed by atoms with E-state index in [0.29, 0.717) is 34.1 Å². The summed E-state index contributed by atoms with van der Waals surface area (Å²) in [6.45, 7) is 0.697. The second kappa shape index (κ2) is 6.43. The van der Waals surface area contributed by atoms with Gasteiger partial charge in [0.1, 0.15) is 16.7 Å². The predicted molar refractivity (Wildman–Crippen MR) is 113 cm³/mol. The van der Waals surface area contributed by atoms with Crippen LogP contribution in [0.2, 0.25) is 5.22 Å². The maximum Gasteiger partial charge on any atom is 0.331 e. The first kappa shape index (κ1) is 18.4. The minimum absolute atomic E-state index is 0.186. The number of rotatable bonds is 2. The third-order valence-electron chi connectivity index (χ3n) is 5.36. The molecule has 0 saturated carbocycles. The standard InChI is InChI=1S/C19H18ClN5O3S/c1-22-7-6-10(21-22)14-13-15(23(2)19(27)24(3)18(13)26)16-17(29-9-8-25(14)16)11-4-5-12(20)28-11/h4-7,17H,8-9H2,1-3H3/t17-/m1/s1. The summed E-state index contributed by atoms with van der Waals surface area (Å²) in [5.74, 6) is 1.52. The van der Waals surface area contributed by atoms with Crippen LogP contribution in [0.25, 0.3) is 22.3 Å². The Morgan fingerprint density at radius 1 is 1.17 bits per heavy atom. The van der Waals surface area contributed by atoms with Gasteiger partial charge in [0.2, 0.25) is 0 Å². The molecule has 0 aliphatic carbocycles. The molecule has 1 atom stereocenters. The Kier molecular flexibility index (Phi) is 4.08. The Balaban J connectivity index is 1.96. The zero-order chi connectivity index (χ0) is 20.4. The number of fused-ring (bicyclic) bond motifs is 3. The molecule has 8 nitrogen and oxygen atoms in total. The van der Waals surface area contributed by atoms with Crippen LogP contribution in [0.3, 0.4) is 0 Å². The molecular formula is C19H18ClN5O3S. The van der Waals surface area contributed by atoms with Gasteiger partial charge in [-0.3, -0.25) is 18.6 Å². The van der Waals surface area contributed by atoms with Gasteiger partial charge in [-0.05, 0) is 29.8 Å². The van der Waals surface area contributed by atoms with Crippen molar-refractivity contribution in [3.8, 4) is 11.4 Å². The lowest BCUT2D eigenvalue weighted by molar-refractivity contribution is 0.511. The molecule has 0 aromatic carbocycles. The maximum atomic E-state index is 13.2. The van der Waals surface area contributed by atoms with Gasteiger partial charge in [0.15, 0.2) is 5.22 Å². The van der Waals surface area contributed by atoms with Crippen molar-refractivity contribution in [2.24, 2.45) is 21.1 Å². The van der Waals surface area contributed by atoms with Gasteiger partial charge in [0.25, 0.3) is 5.56 Å². The average molecular weight is 432 g/mol. The second-order valence-electron chi connectivity index (χ2n) is 7.08. The van der Waals surface area contributed by atoms with Gasteiger partial charge in [-0.2, -0.15) is 5.10 Å². The number of hydrogen-bond acceptors (Lipinski definition) is 5. The normalized spacial score (nSPS) is 16.5. The molecule has 0 bridgehead atoms. The number of aromatic nitrogens is 5. The van der Waals surface area contributed by atoms with Crippen molar-refractivity contribution in [3.05, 3.63) is 61.9 Å². The van der Waals surface area contributed by atoms with Crippen molar-refractivity contribution >= 4 is 34.3 Å². The number of aryl methyl sites for hydroxylation is 2. The van der Waals surface area contributed by atoms with E-state index in [1.165, 1.54) is 7.05 Å². The van der Waals surface area contributed by atoms with Crippen molar-refractivity contribution < 1.29 is 4.42 Å². The van der Waals surface area contributed by atoms with Gasteiger partial charge in [0.05, 0.1) is 22.3 Å². The minimum Gasteiger partial charge on any atom is -0.448 e. The van der Waals surface area contributed by atoms with Gasteiger partial charge in [-0.25, -0.2) is 4.79 Å². The summed E-state index contributed by atoms with van der Waals surface area (Å²) >= 11 is 7.73. The minimum atomic E-state index is -0.365. The van der Waals surface area contributed by atoms with E-state index in [1.807, 2.05) is 25.4 Å². The summed E-state index contributed by atoms with van der Waals surface area (Å²) in [6.07, 6.45) is 1.84. The molecule has 4 aromatic heterocycles. The monoisotopic (exact) mass is 431 g/mol. The molecule has 5 rings (SSSR count). The van der Waals surface area contributed by atoms with Crippen LogP contribution >= 0.6 is 23.4 Å². The third-order valence-corrected chi connectivity index (χ3v) is 6.77. The van der Waals surface area contributed by atoms with E-state index < -0.39 is 0 Å². The van der Waals surface area contributed by atoms with E-state index in [9.17, 15) is 9.59 Å². The van der Waals surface area contributed by atoms with Crippen LogP contribution in [0.1, 0.15) is 16.7 Å². The highest BCUT2D eigenvalue weighted by molar-refractivity contribution is 7.99. The summed E-state index contributed by atoms with van der Waals surface area (Å²) in [5, 5.41) is 5.16. The van der Waals surface area contributed by atoms with Gasteiger partial charge in [0, 0.05) is 39.6 Å². The molecule has 0 saturated heterocycles. The van der Waals surface area contributed by atoms with E-state index >= 15 is 0 Å². The van der Waals surface area contributed by atoms with Crippen LogP contribution in [-0.2, 0) is 27.7 Å². The maximum absolute atomic E-state index is 13.2. The van der Waals surface area contributed by atoms with Gasteiger partial charge in [-0.1, -0.05) is 0 Å². The van der Waals surface area contributed by atoms with Crippen molar-refractivity contribution in [1.29, 1.82) is 0 Å². The average Bonchev–Trinajstić information content (AvgIpc) is 3.41. The fourth-order valence-corrected chi connectivity index (χ4v) is 5.44. The van der Waals surface area contributed by atoms with Crippen LogP contribution in [-0.4, -0.2) is 29.2 Å². The fraction of sp³-hybridized carbons (Fsp3) is 0.316. The molecule has 29 heavy (non-hydrogen) atoms. The van der Waals surface area contributed by atoms with Crippen molar-refractivity contribution in [2.75, 3.05) is 5.75 Å². The summed E-state index contributed by atoms with van der Waals surface area (Å²) in [6, 6.07) is 5.43. The Labute approximate surface area is 174 Å². The Morgan fingerprint density at radius 2 is 1.97 bits per heavy atom. The molecule has 0 fully saturated rings. The quantitative estimate of drug-likeness (QED) is 0.487. The molecule has 0 amide bonds. The van der Waals surface area contributed by atoms with Crippen molar-refractivity contribution in [1.82, 2.24) is 23.5 Å². The number of halogens is 1. The molecule has 0 spiro atoms. The highest BCUT2D eigenvalue weighted by atomic mass is 35.5. The van der Waals surface area contributed by atoms with Crippen molar-refractivity contribution in [2.45, 2.75) is 11.8 Å². The van der Waals surface area contributed by atoms with Gasteiger partial charge < -0.3 is 8.98 Å². The van der Waals surface area contributed by atoms with Gasteiger partial charge in [-0.15, -0.1) is 11.8 Å². The summed E-state index contributed by atoms with van der Waals surface area (Å²) in [5.41, 5.74) is 2.21. The van der Waals surface area contributed by atoms with Gasteiger partial charge >= 0.3 is 5.69 Å². The lowest BCUT2D eigenvalue weighted by Gasteiger charge is -2.24. The molecule has 1 aliphatic rings. The van der Waals surface area contributed by atoms with Crippen LogP contribution in [0.5, 0.6) is 0 Å². The SMILES string of the molecule is Cn1ccc(-c2c3c(=O)n(C)c(=O)n(C)c3c3n2CCS[C@@H]3c2ccc(Cl)o2)n1. The van der Waals surface area contributed by atoms with E-state index in [4.69, 9.17) is 16.0 Å². The highest BCUT2D eigenvalue weighted by Crippen LogP contribution is 2.46. The largest absolute Gasteiger partial charge is 0.448 e. The molecule has 1 aliphatic heterocycles. The molecule has 0 N–H and O–H groups in total. The van der Waals surface area contributed by atoms with Crippen LogP contribution in [0, 0.1) is 0 Å². The fourth-order valence-electron chi connectivity index (χ4n) is 4.07. The Morgan fingerprint density at radius 3 is 2.62 bits per heavy atom. The number of hydrogen-bond donors (Lipinski definition) is 0. The second-order valence-corrected chi connectivity index (χ2v) is 8.67. The number of thioether (sulfide) groups is 1. The summed E-state index contributed by atoms with van der Waals surface area (Å²) in [7, 11) is 5.03. The third kappa shape index (κ3) is 2.57. The highest BCUT2D eigenvalue weighted by Gasteiger charge is 2.34. The van der Waals surface area contributed by atoms with E-state index in [0.717, 1.165) is 21.7 Å². The predicted octanol–water partition coefficient (Wildman–Crippen LogP) is 2.52. The van der Waals surface area contributed by atoms with E-state index in [-0.39, 0.29) is 16.5 Å². The molecule has 4 aromatic rings. The first-order valence-electron chi connectivity index (χ1n) is 9.07. The van der Waals surface area contributed by atoms with E-state index in [2.05, 4.69) is 9.67 Å². The van der Waals surface area contributed by atoms with Crippen LogP contribution in [0.4, 0.5) is 0 Å². The van der Waals surface area contributed by atoms with E-state index in [1.54, 1.807) is 34.1 Å². The smallest absolute Gasteiger partial charge is 0.331 e. The molecule has 150 valence electrons. The zero-order valence-electron chi connectivity index (χ0n) is 16.0.